The minimum atomic E-state index is -0.577. The van der Waals surface area contributed by atoms with Gasteiger partial charge in [-0.05, 0) is 35.9 Å². The van der Waals surface area contributed by atoms with Gasteiger partial charge in [0.15, 0.2) is 12.0 Å². The molecule has 1 N–H and O–H groups in total. The highest BCUT2D eigenvalue weighted by molar-refractivity contribution is 6.32. The average Bonchev–Trinajstić information content (AvgIpc) is 3.34. The Morgan fingerprint density at radius 2 is 2.00 bits per heavy atom. The van der Waals surface area contributed by atoms with Gasteiger partial charge in [0.25, 0.3) is 5.91 Å². The second-order valence-electron chi connectivity index (χ2n) is 6.36. The number of furan rings is 1. The van der Waals surface area contributed by atoms with Crippen LogP contribution in [0.1, 0.15) is 16.3 Å². The maximum atomic E-state index is 11.8. The fourth-order valence-electron chi connectivity index (χ4n) is 3.29. The highest BCUT2D eigenvalue weighted by Crippen LogP contribution is 2.35. The van der Waals surface area contributed by atoms with E-state index >= 15 is 0 Å². The molecule has 2 heterocycles. The van der Waals surface area contributed by atoms with E-state index in [-0.39, 0.29) is 5.76 Å². The monoisotopic (exact) mass is 405 g/mol. The first-order valence-corrected chi connectivity index (χ1v) is 9.19. The molecule has 0 radical (unpaired) electrons. The zero-order valence-corrected chi connectivity index (χ0v) is 16.2. The first kappa shape index (κ1) is 18.7. The van der Waals surface area contributed by atoms with Crippen LogP contribution in [0.25, 0.3) is 22.2 Å². The van der Waals surface area contributed by atoms with Gasteiger partial charge in [-0.2, -0.15) is 5.26 Å². The molecule has 6 nitrogen and oxygen atoms in total. The Hall–Kier alpha value is -3.69. The van der Waals surface area contributed by atoms with Crippen molar-refractivity contribution in [3.05, 3.63) is 77.2 Å². The van der Waals surface area contributed by atoms with Gasteiger partial charge in [-0.3, -0.25) is 10.1 Å². The summed E-state index contributed by atoms with van der Waals surface area (Å²) in [5.74, 6) is 0.685. The van der Waals surface area contributed by atoms with E-state index in [1.807, 2.05) is 42.5 Å². The molecule has 0 aliphatic heterocycles. The van der Waals surface area contributed by atoms with Crippen molar-refractivity contribution in [3.8, 4) is 23.2 Å². The topological polar surface area (TPSA) is 80.2 Å². The van der Waals surface area contributed by atoms with Crippen LogP contribution in [0.5, 0.6) is 5.75 Å². The molecule has 0 bridgehead atoms. The van der Waals surface area contributed by atoms with E-state index in [2.05, 4.69) is 16.0 Å². The SMILES string of the molecule is COc1cc2cc(-c3ccccc3)n(Cc3ccc(C(=O)NC#N)o3)c2cc1Cl. The molecule has 0 saturated carbocycles. The van der Waals surface area contributed by atoms with Crippen molar-refractivity contribution in [1.29, 1.82) is 5.26 Å². The molecule has 29 heavy (non-hydrogen) atoms. The summed E-state index contributed by atoms with van der Waals surface area (Å²) in [6.45, 7) is 0.385. The van der Waals surface area contributed by atoms with Crippen molar-refractivity contribution >= 4 is 28.4 Å². The molecule has 4 rings (SSSR count). The lowest BCUT2D eigenvalue weighted by Gasteiger charge is -2.10. The lowest BCUT2D eigenvalue weighted by molar-refractivity contribution is 0.0944. The first-order valence-electron chi connectivity index (χ1n) is 8.81. The molecule has 0 saturated heterocycles. The van der Waals surface area contributed by atoms with E-state index in [1.165, 1.54) is 0 Å². The Bertz CT molecular complexity index is 1240. The number of rotatable bonds is 5. The summed E-state index contributed by atoms with van der Waals surface area (Å²) >= 11 is 6.37. The Morgan fingerprint density at radius 3 is 2.72 bits per heavy atom. The van der Waals surface area contributed by atoms with Gasteiger partial charge >= 0.3 is 0 Å². The summed E-state index contributed by atoms with van der Waals surface area (Å²) in [4.78, 5) is 11.8. The number of amides is 1. The van der Waals surface area contributed by atoms with Crippen LogP contribution >= 0.6 is 11.6 Å². The third-order valence-electron chi connectivity index (χ3n) is 4.61. The Balaban J connectivity index is 1.82. The molecule has 0 spiro atoms. The number of hydrogen-bond acceptors (Lipinski definition) is 4. The highest BCUT2D eigenvalue weighted by Gasteiger charge is 2.16. The van der Waals surface area contributed by atoms with Crippen LogP contribution < -0.4 is 10.1 Å². The van der Waals surface area contributed by atoms with Gasteiger partial charge in [-0.15, -0.1) is 0 Å². The Kier molecular flexibility index (Phi) is 4.98. The standard InChI is InChI=1S/C22H16ClN3O3/c1-28-21-10-15-9-18(14-5-3-2-4-6-14)26(19(15)11-17(21)23)12-16-7-8-20(29-16)22(27)25-13-24/h2-11H,12H2,1H3,(H,25,27). The number of nitrogens with one attached hydrogen (secondary N) is 1. The summed E-state index contributed by atoms with van der Waals surface area (Å²) in [6.07, 6.45) is 1.60. The zero-order valence-electron chi connectivity index (χ0n) is 15.5. The molecule has 144 valence electrons. The number of hydrogen-bond donors (Lipinski definition) is 1. The second-order valence-corrected chi connectivity index (χ2v) is 6.77. The lowest BCUT2D eigenvalue weighted by Crippen LogP contribution is -2.16. The van der Waals surface area contributed by atoms with Crippen LogP contribution in [0.15, 0.2) is 65.1 Å². The first-order chi connectivity index (χ1) is 14.1. The van der Waals surface area contributed by atoms with Crippen molar-refractivity contribution in [2.24, 2.45) is 0 Å². The maximum absolute atomic E-state index is 11.8. The van der Waals surface area contributed by atoms with Crippen molar-refractivity contribution in [2.45, 2.75) is 6.54 Å². The van der Waals surface area contributed by atoms with Crippen molar-refractivity contribution in [1.82, 2.24) is 9.88 Å². The number of ether oxygens (including phenoxy) is 1. The molecule has 0 unspecified atom stereocenters. The second kappa shape index (κ2) is 7.74. The molecule has 2 aromatic heterocycles. The fourth-order valence-corrected chi connectivity index (χ4v) is 3.53. The predicted octanol–water partition coefficient (Wildman–Crippen LogP) is 4.82. The summed E-state index contributed by atoms with van der Waals surface area (Å²) in [5, 5.41) is 12.1. The van der Waals surface area contributed by atoms with E-state index in [4.69, 9.17) is 26.0 Å². The fraction of sp³-hybridized carbons (Fsp3) is 0.0909. The Labute approximate surface area is 171 Å². The van der Waals surface area contributed by atoms with Crippen LogP contribution in [0.3, 0.4) is 0 Å². The Morgan fingerprint density at radius 1 is 1.21 bits per heavy atom. The third kappa shape index (κ3) is 3.56. The van der Waals surface area contributed by atoms with E-state index in [0.717, 1.165) is 22.2 Å². The van der Waals surface area contributed by atoms with Crippen molar-refractivity contribution in [3.63, 3.8) is 0 Å². The molecule has 0 aliphatic rings. The number of benzene rings is 2. The molecule has 0 aliphatic carbocycles. The number of nitrogens with zero attached hydrogens (tertiary/aromatic N) is 2. The van der Waals surface area contributed by atoms with Crippen molar-refractivity contribution in [2.75, 3.05) is 7.11 Å². The quantitative estimate of drug-likeness (QED) is 0.381. The van der Waals surface area contributed by atoms with E-state index in [9.17, 15) is 4.79 Å². The van der Waals surface area contributed by atoms with Gasteiger partial charge in [-0.1, -0.05) is 41.9 Å². The largest absolute Gasteiger partial charge is 0.495 e. The molecule has 0 fully saturated rings. The van der Waals surface area contributed by atoms with Crippen LogP contribution in [-0.2, 0) is 6.54 Å². The third-order valence-corrected chi connectivity index (χ3v) is 4.91. The van der Waals surface area contributed by atoms with Crippen LogP contribution in [0.2, 0.25) is 5.02 Å². The van der Waals surface area contributed by atoms with Gasteiger partial charge in [0.2, 0.25) is 0 Å². The van der Waals surface area contributed by atoms with Crippen LogP contribution in [0.4, 0.5) is 0 Å². The zero-order chi connectivity index (χ0) is 20.4. The molecular weight excluding hydrogens is 390 g/mol. The number of aromatic nitrogens is 1. The number of fused-ring (bicyclic) bond motifs is 1. The van der Waals surface area contributed by atoms with E-state index in [0.29, 0.717) is 23.1 Å². The van der Waals surface area contributed by atoms with Gasteiger partial charge in [-0.25, -0.2) is 0 Å². The van der Waals surface area contributed by atoms with Crippen LogP contribution in [0, 0.1) is 11.5 Å². The summed E-state index contributed by atoms with van der Waals surface area (Å²) in [5.41, 5.74) is 2.92. The molecule has 2 aromatic carbocycles. The summed E-state index contributed by atoms with van der Waals surface area (Å²) < 4.78 is 13.1. The average molecular weight is 406 g/mol. The van der Waals surface area contributed by atoms with Gasteiger partial charge in [0.05, 0.1) is 24.2 Å². The van der Waals surface area contributed by atoms with Crippen LogP contribution in [-0.4, -0.2) is 17.6 Å². The molecular formula is C22H16ClN3O3. The minimum absolute atomic E-state index is 0.0824. The van der Waals surface area contributed by atoms with Gasteiger partial charge in [0.1, 0.15) is 11.5 Å². The molecule has 7 heteroatoms. The van der Waals surface area contributed by atoms with E-state index < -0.39 is 5.91 Å². The summed E-state index contributed by atoms with van der Waals surface area (Å²) in [7, 11) is 1.58. The highest BCUT2D eigenvalue weighted by atomic mass is 35.5. The number of methoxy groups -OCH3 is 1. The van der Waals surface area contributed by atoms with Gasteiger partial charge in [0, 0.05) is 11.1 Å². The number of halogens is 1. The number of nitriles is 1. The van der Waals surface area contributed by atoms with Crippen molar-refractivity contribution < 1.29 is 13.9 Å². The summed E-state index contributed by atoms with van der Waals surface area (Å²) in [6, 6.07) is 19.0. The smallest absolute Gasteiger partial charge is 0.299 e. The molecule has 1 amide bonds. The molecule has 0 atom stereocenters. The predicted molar refractivity (Wildman–Crippen MR) is 110 cm³/mol. The van der Waals surface area contributed by atoms with E-state index in [1.54, 1.807) is 25.4 Å². The molecule has 4 aromatic rings. The van der Waals surface area contributed by atoms with Gasteiger partial charge < -0.3 is 13.7 Å². The maximum Gasteiger partial charge on any atom is 0.299 e. The lowest BCUT2D eigenvalue weighted by atomic mass is 10.1. The number of carbonyl (C=O) groups is 1. The normalized spacial score (nSPS) is 10.7. The number of carbonyl (C=O) groups excluding carboxylic acids is 1. The minimum Gasteiger partial charge on any atom is -0.495 e.